The molecule has 0 aliphatic heterocycles. The van der Waals surface area contributed by atoms with E-state index >= 15 is 0 Å². The summed E-state index contributed by atoms with van der Waals surface area (Å²) in [6, 6.07) is 6.75. The third-order valence-electron chi connectivity index (χ3n) is 2.22. The average Bonchev–Trinajstić information content (AvgIpc) is 2.34. The van der Waals surface area contributed by atoms with Crippen molar-refractivity contribution >= 4 is 66.7 Å². The Labute approximate surface area is 136 Å². The van der Waals surface area contributed by atoms with Crippen molar-refractivity contribution in [3.05, 3.63) is 55.1 Å². The fourth-order valence-corrected chi connectivity index (χ4v) is 3.13. The summed E-state index contributed by atoms with van der Waals surface area (Å²) in [5, 5.41) is 3.34. The quantitative estimate of drug-likeness (QED) is 0.723. The lowest BCUT2D eigenvalue weighted by Crippen LogP contribution is -2.14. The van der Waals surface area contributed by atoms with Crippen molar-refractivity contribution in [1.29, 1.82) is 0 Å². The fourth-order valence-electron chi connectivity index (χ4n) is 1.39. The summed E-state index contributed by atoms with van der Waals surface area (Å²) in [6.45, 7) is 0. The van der Waals surface area contributed by atoms with Crippen LogP contribution in [-0.4, -0.2) is 10.9 Å². The van der Waals surface area contributed by atoms with Crippen molar-refractivity contribution < 1.29 is 4.79 Å². The van der Waals surface area contributed by atoms with Gasteiger partial charge in [-0.1, -0.05) is 39.1 Å². The second-order valence-corrected chi connectivity index (χ2v) is 6.12. The molecule has 0 aliphatic carbocycles. The number of nitrogens with one attached hydrogen (secondary N) is 1. The molecule has 1 N–H and O–H groups in total. The summed E-state index contributed by atoms with van der Waals surface area (Å²) < 4.78 is 1.33. The molecule has 0 spiro atoms. The summed E-state index contributed by atoms with van der Waals surface area (Å²) in [7, 11) is 0. The molecule has 3 nitrogen and oxygen atoms in total. The van der Waals surface area contributed by atoms with E-state index in [2.05, 4.69) is 42.2 Å². The number of hydrogen-bond donors (Lipinski definition) is 1. The number of aromatic nitrogens is 1. The molecule has 19 heavy (non-hydrogen) atoms. The van der Waals surface area contributed by atoms with Crippen LogP contribution in [0.25, 0.3) is 0 Å². The number of carbonyl (C=O) groups excluding carboxylic acids is 1. The molecule has 1 heterocycles. The molecule has 0 bridgehead atoms. The van der Waals surface area contributed by atoms with Crippen LogP contribution in [0, 0.1) is 0 Å². The summed E-state index contributed by atoms with van der Waals surface area (Å²) in [5.41, 5.74) is 0.617. The highest BCUT2D eigenvalue weighted by atomic mass is 79.9. The van der Waals surface area contributed by atoms with Gasteiger partial charge in [0.25, 0.3) is 5.91 Å². The first-order chi connectivity index (χ1) is 8.99. The molecule has 2 rings (SSSR count). The van der Waals surface area contributed by atoms with Crippen LogP contribution in [0.2, 0.25) is 10.0 Å². The van der Waals surface area contributed by atoms with Crippen molar-refractivity contribution in [2.24, 2.45) is 0 Å². The number of anilines is 1. The van der Waals surface area contributed by atoms with Gasteiger partial charge >= 0.3 is 0 Å². The zero-order valence-corrected chi connectivity index (χ0v) is 13.9. The molecule has 0 fully saturated rings. The van der Waals surface area contributed by atoms with Crippen molar-refractivity contribution in [2.75, 3.05) is 5.32 Å². The van der Waals surface area contributed by atoms with Crippen LogP contribution in [0.1, 0.15) is 10.5 Å². The minimum absolute atomic E-state index is 0.262. The number of hydrogen-bond acceptors (Lipinski definition) is 2. The third-order valence-corrected chi connectivity index (χ3v) is 3.91. The zero-order valence-electron chi connectivity index (χ0n) is 9.25. The Morgan fingerprint density at radius 1 is 1.21 bits per heavy atom. The molecule has 1 aromatic carbocycles. The van der Waals surface area contributed by atoms with Gasteiger partial charge in [0.15, 0.2) is 0 Å². The number of amides is 1. The van der Waals surface area contributed by atoms with Gasteiger partial charge in [-0.05, 0) is 40.2 Å². The SMILES string of the molecule is O=C(Nc1c(Cl)cc(Br)cc1Cl)c1ncccc1Br. The monoisotopic (exact) mass is 422 g/mol. The molecule has 1 amide bonds. The normalized spacial score (nSPS) is 10.3. The first kappa shape index (κ1) is 14.8. The number of rotatable bonds is 2. The summed E-state index contributed by atoms with van der Waals surface area (Å²) in [5.74, 6) is -0.390. The predicted octanol–water partition coefficient (Wildman–Crippen LogP) is 5.17. The van der Waals surface area contributed by atoms with Crippen molar-refractivity contribution in [1.82, 2.24) is 4.98 Å². The van der Waals surface area contributed by atoms with Crippen molar-refractivity contribution in [2.45, 2.75) is 0 Å². The molecule has 98 valence electrons. The lowest BCUT2D eigenvalue weighted by Gasteiger charge is -2.10. The highest BCUT2D eigenvalue weighted by molar-refractivity contribution is 9.10. The van der Waals surface area contributed by atoms with E-state index in [-0.39, 0.29) is 5.69 Å². The number of halogens is 4. The lowest BCUT2D eigenvalue weighted by atomic mass is 10.3. The third kappa shape index (κ3) is 3.48. The minimum Gasteiger partial charge on any atom is -0.318 e. The van der Waals surface area contributed by atoms with E-state index in [1.165, 1.54) is 6.20 Å². The highest BCUT2D eigenvalue weighted by Crippen LogP contribution is 2.34. The summed E-state index contributed by atoms with van der Waals surface area (Å²) in [4.78, 5) is 16.1. The predicted molar refractivity (Wildman–Crippen MR) is 84.1 cm³/mol. The molecule has 0 saturated heterocycles. The Morgan fingerprint density at radius 2 is 1.84 bits per heavy atom. The van der Waals surface area contributed by atoms with Crippen LogP contribution in [0.4, 0.5) is 5.69 Å². The molecular formula is C12H6Br2Cl2N2O. The molecule has 0 aliphatic rings. The zero-order chi connectivity index (χ0) is 14.0. The van der Waals surface area contributed by atoms with Crippen LogP contribution < -0.4 is 5.32 Å². The standard InChI is InChI=1S/C12H6Br2Cl2N2O/c13-6-4-8(15)11(9(16)5-6)18-12(19)10-7(14)2-1-3-17-10/h1-5H,(H,18,19). The number of carbonyl (C=O) groups is 1. The number of pyridine rings is 1. The van der Waals surface area contributed by atoms with Gasteiger partial charge < -0.3 is 5.32 Å². The average molecular weight is 425 g/mol. The fraction of sp³-hybridized carbons (Fsp3) is 0. The highest BCUT2D eigenvalue weighted by Gasteiger charge is 2.15. The largest absolute Gasteiger partial charge is 0.318 e. The molecule has 2 aromatic rings. The maximum atomic E-state index is 12.1. The number of nitrogens with zero attached hydrogens (tertiary/aromatic N) is 1. The van der Waals surface area contributed by atoms with Crippen molar-refractivity contribution in [3.8, 4) is 0 Å². The van der Waals surface area contributed by atoms with Gasteiger partial charge in [0, 0.05) is 15.1 Å². The van der Waals surface area contributed by atoms with Gasteiger partial charge in [0.1, 0.15) is 5.69 Å². The van der Waals surface area contributed by atoms with Gasteiger partial charge in [0.05, 0.1) is 15.7 Å². The van der Waals surface area contributed by atoms with Crippen LogP contribution in [0.5, 0.6) is 0 Å². The molecular weight excluding hydrogens is 419 g/mol. The van der Waals surface area contributed by atoms with Gasteiger partial charge in [-0.15, -0.1) is 0 Å². The molecule has 0 saturated carbocycles. The van der Waals surface area contributed by atoms with Gasteiger partial charge in [0.2, 0.25) is 0 Å². The molecule has 7 heteroatoms. The Morgan fingerprint density at radius 3 is 2.42 bits per heavy atom. The smallest absolute Gasteiger partial charge is 0.275 e. The Kier molecular flexibility index (Phi) is 4.84. The summed E-state index contributed by atoms with van der Waals surface area (Å²) >= 11 is 18.6. The molecule has 0 radical (unpaired) electrons. The van der Waals surface area contributed by atoms with E-state index in [4.69, 9.17) is 23.2 Å². The van der Waals surface area contributed by atoms with E-state index in [0.29, 0.717) is 20.2 Å². The summed E-state index contributed by atoms with van der Waals surface area (Å²) in [6.07, 6.45) is 1.53. The van der Waals surface area contributed by atoms with Crippen LogP contribution >= 0.6 is 55.1 Å². The number of benzene rings is 1. The minimum atomic E-state index is -0.390. The van der Waals surface area contributed by atoms with E-state index in [1.807, 2.05) is 0 Å². The van der Waals surface area contributed by atoms with Gasteiger partial charge in [-0.25, -0.2) is 4.98 Å². The van der Waals surface area contributed by atoms with E-state index in [0.717, 1.165) is 4.47 Å². The maximum absolute atomic E-state index is 12.1. The van der Waals surface area contributed by atoms with Gasteiger partial charge in [-0.2, -0.15) is 0 Å². The topological polar surface area (TPSA) is 42.0 Å². The van der Waals surface area contributed by atoms with E-state index < -0.39 is 5.91 Å². The second kappa shape index (κ2) is 6.22. The van der Waals surface area contributed by atoms with Crippen LogP contribution in [0.15, 0.2) is 39.4 Å². The Balaban J connectivity index is 2.32. The first-order valence-corrected chi connectivity index (χ1v) is 7.39. The second-order valence-electron chi connectivity index (χ2n) is 3.53. The Hall–Kier alpha value is -0.620. The Bertz CT molecular complexity index is 626. The van der Waals surface area contributed by atoms with Crippen molar-refractivity contribution in [3.63, 3.8) is 0 Å². The first-order valence-electron chi connectivity index (χ1n) is 5.05. The van der Waals surface area contributed by atoms with Crippen LogP contribution in [0.3, 0.4) is 0 Å². The van der Waals surface area contributed by atoms with Gasteiger partial charge in [-0.3, -0.25) is 4.79 Å². The molecule has 0 atom stereocenters. The maximum Gasteiger partial charge on any atom is 0.275 e. The van der Waals surface area contributed by atoms with Crippen LogP contribution in [-0.2, 0) is 0 Å². The molecule has 0 unspecified atom stereocenters. The molecule has 1 aromatic heterocycles. The van der Waals surface area contributed by atoms with E-state index in [9.17, 15) is 4.79 Å². The van der Waals surface area contributed by atoms with E-state index in [1.54, 1.807) is 24.3 Å². The lowest BCUT2D eigenvalue weighted by molar-refractivity contribution is 0.102.